The molecule has 0 spiro atoms. The summed E-state index contributed by atoms with van der Waals surface area (Å²) in [6.45, 7) is 8.59. The normalized spacial score (nSPS) is 11.8. The number of pyridine rings is 1. The zero-order valence-electron chi connectivity index (χ0n) is 21.7. The molecule has 3 rings (SSSR count). The summed E-state index contributed by atoms with van der Waals surface area (Å²) in [5, 5.41) is 1.92. The van der Waals surface area contributed by atoms with Gasteiger partial charge in [-0.1, -0.05) is 48.8 Å². The molecule has 0 aliphatic heterocycles. The molecular weight excluding hydrogens is 570 g/mol. The summed E-state index contributed by atoms with van der Waals surface area (Å²) in [6, 6.07) is 9.18. The lowest BCUT2D eigenvalue weighted by molar-refractivity contribution is -0.680. The second kappa shape index (κ2) is 13.8. The molecule has 0 aliphatic rings. The third-order valence-corrected chi connectivity index (χ3v) is 8.76. The number of primary amides is 1. The number of amides is 1. The highest BCUT2D eigenvalue weighted by molar-refractivity contribution is 7.99. The molecule has 38 heavy (non-hydrogen) atoms. The maximum atomic E-state index is 12.9. The van der Waals surface area contributed by atoms with E-state index in [2.05, 4.69) is 0 Å². The van der Waals surface area contributed by atoms with E-state index >= 15 is 0 Å². The fourth-order valence-corrected chi connectivity index (χ4v) is 7.21. The lowest BCUT2D eigenvalue weighted by atomic mass is 10.1. The van der Waals surface area contributed by atoms with E-state index in [1.807, 2.05) is 55.1 Å². The van der Waals surface area contributed by atoms with Crippen LogP contribution in [0.15, 0.2) is 52.6 Å². The number of hydrogen-bond acceptors (Lipinski definition) is 7. The molecule has 1 aromatic carbocycles. The van der Waals surface area contributed by atoms with Gasteiger partial charge in [-0.15, -0.1) is 0 Å². The van der Waals surface area contributed by atoms with Gasteiger partial charge in [-0.05, 0) is 43.5 Å². The molecule has 0 saturated heterocycles. The van der Waals surface area contributed by atoms with Crippen LogP contribution in [0, 0.1) is 0 Å². The van der Waals surface area contributed by atoms with Crippen molar-refractivity contribution < 1.29 is 27.7 Å². The van der Waals surface area contributed by atoms with E-state index in [0.717, 1.165) is 21.2 Å². The van der Waals surface area contributed by atoms with Crippen LogP contribution in [0.2, 0.25) is 10.0 Å². The number of halogens is 2. The van der Waals surface area contributed by atoms with Crippen molar-refractivity contribution >= 4 is 48.7 Å². The van der Waals surface area contributed by atoms with Crippen molar-refractivity contribution in [3.63, 3.8) is 0 Å². The number of rotatable bonds is 13. The Balaban J connectivity index is 1.97. The molecule has 0 aliphatic carbocycles. The minimum absolute atomic E-state index is 0.0787. The first-order valence-corrected chi connectivity index (χ1v) is 15.3. The van der Waals surface area contributed by atoms with Gasteiger partial charge in [0.25, 0.3) is 0 Å². The molecule has 2 aromatic heterocycles. The Hall–Kier alpha value is -2.07. The molecule has 0 radical (unpaired) electrons. The molecule has 13 heteroatoms. The SMILES string of the molecule is CCOP(=O)(C[n+]1ccc(Cn2c(COC(N)=O)nc(C(C)C)c2Sc2cc(Cl)cc(Cl)c2)cc1)OCC. The molecule has 2 heterocycles. The zero-order chi connectivity index (χ0) is 27.9. The van der Waals surface area contributed by atoms with Crippen molar-refractivity contribution in [3.05, 3.63) is 69.9 Å². The quantitative estimate of drug-likeness (QED) is 0.173. The van der Waals surface area contributed by atoms with Gasteiger partial charge in [0.05, 0.1) is 25.5 Å². The molecule has 0 saturated carbocycles. The molecule has 0 atom stereocenters. The predicted octanol–water partition coefficient (Wildman–Crippen LogP) is 6.62. The molecular formula is C25H32Cl2N4O5PS+. The molecule has 2 N–H and O–H groups in total. The van der Waals surface area contributed by atoms with E-state index < -0.39 is 13.7 Å². The van der Waals surface area contributed by atoms with Crippen LogP contribution >= 0.6 is 42.6 Å². The van der Waals surface area contributed by atoms with Crippen LogP contribution in [-0.2, 0) is 37.8 Å². The van der Waals surface area contributed by atoms with Crippen molar-refractivity contribution in [2.75, 3.05) is 13.2 Å². The van der Waals surface area contributed by atoms with E-state index in [-0.39, 0.29) is 18.8 Å². The number of benzene rings is 1. The summed E-state index contributed by atoms with van der Waals surface area (Å²) in [4.78, 5) is 17.0. The van der Waals surface area contributed by atoms with Crippen LogP contribution in [0.25, 0.3) is 0 Å². The Kier molecular flexibility index (Phi) is 11.1. The molecule has 3 aromatic rings. The monoisotopic (exact) mass is 601 g/mol. The number of carbonyl (C=O) groups excluding carboxylic acids is 1. The van der Waals surface area contributed by atoms with Gasteiger partial charge in [0.15, 0.2) is 19.0 Å². The number of carbonyl (C=O) groups is 1. The highest BCUT2D eigenvalue weighted by Gasteiger charge is 2.29. The van der Waals surface area contributed by atoms with Crippen LogP contribution < -0.4 is 10.3 Å². The number of hydrogen-bond donors (Lipinski definition) is 1. The van der Waals surface area contributed by atoms with E-state index in [0.29, 0.717) is 35.6 Å². The van der Waals surface area contributed by atoms with Crippen molar-refractivity contribution in [1.29, 1.82) is 0 Å². The Morgan fingerprint density at radius 2 is 1.74 bits per heavy atom. The van der Waals surface area contributed by atoms with Crippen molar-refractivity contribution in [2.24, 2.45) is 5.73 Å². The van der Waals surface area contributed by atoms with Gasteiger partial charge in [-0.2, -0.15) is 4.57 Å². The van der Waals surface area contributed by atoms with Crippen LogP contribution in [0.1, 0.15) is 50.7 Å². The zero-order valence-corrected chi connectivity index (χ0v) is 24.9. The predicted molar refractivity (Wildman–Crippen MR) is 148 cm³/mol. The fraction of sp³-hybridized carbons (Fsp3) is 0.400. The van der Waals surface area contributed by atoms with Gasteiger partial charge in [0.1, 0.15) is 10.9 Å². The van der Waals surface area contributed by atoms with Gasteiger partial charge in [-0.3, -0.25) is 4.57 Å². The third kappa shape index (κ3) is 8.46. The van der Waals surface area contributed by atoms with E-state index in [1.54, 1.807) is 24.5 Å². The molecule has 206 valence electrons. The smallest absolute Gasteiger partial charge is 0.404 e. The standard InChI is InChI=1S/C25H31Cl2N4O5PS/c1-5-35-37(33,36-6-2)16-30-9-7-18(8-10-30)14-31-22(15-34-25(28)32)29-23(17(3)4)24(31)38-21-12-19(26)11-20(27)13-21/h7-13,17H,5-6,14-16H2,1-4H3,(H-,28,32)/p+1. The summed E-state index contributed by atoms with van der Waals surface area (Å²) in [5.74, 6) is 0.641. The number of imidazole rings is 1. The average Bonchev–Trinajstić information content (AvgIpc) is 3.15. The van der Waals surface area contributed by atoms with Crippen molar-refractivity contribution in [1.82, 2.24) is 9.55 Å². The first-order valence-electron chi connectivity index (χ1n) is 12.0. The second-order valence-corrected chi connectivity index (χ2v) is 12.5. The first kappa shape index (κ1) is 30.5. The maximum absolute atomic E-state index is 12.9. The highest BCUT2D eigenvalue weighted by atomic mass is 35.5. The lowest BCUT2D eigenvalue weighted by Gasteiger charge is -2.15. The Labute approximate surface area is 237 Å². The highest BCUT2D eigenvalue weighted by Crippen LogP contribution is 2.48. The maximum Gasteiger partial charge on any atom is 0.404 e. The van der Waals surface area contributed by atoms with Crippen molar-refractivity contribution in [3.8, 4) is 0 Å². The van der Waals surface area contributed by atoms with E-state index in [4.69, 9.17) is 47.7 Å². The summed E-state index contributed by atoms with van der Waals surface area (Å²) in [6.07, 6.45) is 2.87. The first-order chi connectivity index (χ1) is 18.0. The van der Waals surface area contributed by atoms with Crippen LogP contribution in [0.3, 0.4) is 0 Å². The fourth-order valence-electron chi connectivity index (χ4n) is 3.68. The summed E-state index contributed by atoms with van der Waals surface area (Å²) in [5.41, 5.74) is 7.02. The van der Waals surface area contributed by atoms with Gasteiger partial charge < -0.3 is 24.1 Å². The minimum Gasteiger partial charge on any atom is -0.442 e. The largest absolute Gasteiger partial charge is 0.442 e. The van der Waals surface area contributed by atoms with Gasteiger partial charge in [-0.25, -0.2) is 9.78 Å². The number of nitrogens with two attached hydrogens (primary N) is 1. The number of ether oxygens (including phenoxy) is 1. The van der Waals surface area contributed by atoms with Crippen molar-refractivity contribution in [2.45, 2.75) is 63.0 Å². The van der Waals surface area contributed by atoms with Crippen LogP contribution in [0.4, 0.5) is 4.79 Å². The summed E-state index contributed by atoms with van der Waals surface area (Å²) >= 11 is 14.0. The summed E-state index contributed by atoms with van der Waals surface area (Å²) in [7, 11) is -3.25. The van der Waals surface area contributed by atoms with Crippen LogP contribution in [0.5, 0.6) is 0 Å². The van der Waals surface area contributed by atoms with Gasteiger partial charge >= 0.3 is 13.7 Å². The van der Waals surface area contributed by atoms with E-state index in [1.165, 1.54) is 11.8 Å². The Morgan fingerprint density at radius 3 is 2.26 bits per heavy atom. The lowest BCUT2D eigenvalue weighted by Crippen LogP contribution is -2.33. The molecule has 0 fully saturated rings. The topological polar surface area (TPSA) is 110 Å². The van der Waals surface area contributed by atoms with Gasteiger partial charge in [0.2, 0.25) is 6.29 Å². The van der Waals surface area contributed by atoms with E-state index in [9.17, 15) is 9.36 Å². The summed E-state index contributed by atoms with van der Waals surface area (Å²) < 4.78 is 32.6. The minimum atomic E-state index is -3.25. The number of nitrogens with zero attached hydrogens (tertiary/aromatic N) is 3. The Morgan fingerprint density at radius 1 is 1.13 bits per heavy atom. The number of aromatic nitrogens is 3. The molecule has 0 unspecified atom stereocenters. The third-order valence-electron chi connectivity index (χ3n) is 5.26. The average molecular weight is 603 g/mol. The second-order valence-electron chi connectivity index (χ2n) is 8.58. The molecule has 9 nitrogen and oxygen atoms in total. The Bertz CT molecular complexity index is 1270. The molecule has 0 bridgehead atoms. The van der Waals surface area contributed by atoms with Gasteiger partial charge in [0, 0.05) is 27.1 Å². The molecule has 1 amide bonds. The van der Waals surface area contributed by atoms with Crippen LogP contribution in [-0.4, -0.2) is 28.9 Å².